The van der Waals surface area contributed by atoms with Gasteiger partial charge in [0.05, 0.1) is 4.88 Å². The van der Waals surface area contributed by atoms with E-state index in [9.17, 15) is 14.7 Å². The molecule has 7 nitrogen and oxygen atoms in total. The molecule has 21 heavy (non-hydrogen) atoms. The fraction of sp³-hybridized carbons (Fsp3) is 0.385. The number of carboxylic acids is 1. The molecule has 0 aromatic carbocycles. The SMILES string of the molecule is CC(C)NC(=O)C(C)n1nnc(C(=O)O)c1-c1cccs1. The Morgan fingerprint density at radius 2 is 2.10 bits per heavy atom. The zero-order valence-corrected chi connectivity index (χ0v) is 12.7. The molecule has 2 aromatic rings. The highest BCUT2D eigenvalue weighted by atomic mass is 32.1. The van der Waals surface area contributed by atoms with Crippen molar-refractivity contribution in [2.75, 3.05) is 0 Å². The first-order chi connectivity index (χ1) is 9.91. The summed E-state index contributed by atoms with van der Waals surface area (Å²) in [5.74, 6) is -1.40. The lowest BCUT2D eigenvalue weighted by Crippen LogP contribution is -2.36. The number of nitrogens with zero attached hydrogens (tertiary/aromatic N) is 3. The van der Waals surface area contributed by atoms with E-state index in [0.29, 0.717) is 10.6 Å². The number of aromatic nitrogens is 3. The van der Waals surface area contributed by atoms with Crippen LogP contribution in [0.3, 0.4) is 0 Å². The summed E-state index contributed by atoms with van der Waals surface area (Å²) in [4.78, 5) is 24.1. The van der Waals surface area contributed by atoms with Crippen LogP contribution in [0.5, 0.6) is 0 Å². The predicted octanol–water partition coefficient (Wildman–Crippen LogP) is 1.79. The fourth-order valence-corrected chi connectivity index (χ4v) is 2.63. The molecule has 0 aliphatic carbocycles. The third-order valence-electron chi connectivity index (χ3n) is 2.83. The van der Waals surface area contributed by atoms with E-state index in [1.54, 1.807) is 13.0 Å². The van der Waals surface area contributed by atoms with E-state index in [2.05, 4.69) is 15.6 Å². The van der Waals surface area contributed by atoms with Crippen molar-refractivity contribution in [1.82, 2.24) is 20.3 Å². The Labute approximate surface area is 125 Å². The summed E-state index contributed by atoms with van der Waals surface area (Å²) >= 11 is 1.37. The molecule has 2 aromatic heterocycles. The lowest BCUT2D eigenvalue weighted by Gasteiger charge is -2.16. The van der Waals surface area contributed by atoms with Crippen molar-refractivity contribution >= 4 is 23.2 Å². The predicted molar refractivity (Wildman–Crippen MR) is 78.3 cm³/mol. The first-order valence-electron chi connectivity index (χ1n) is 6.44. The van der Waals surface area contributed by atoms with Gasteiger partial charge in [-0.1, -0.05) is 11.3 Å². The van der Waals surface area contributed by atoms with Crippen molar-refractivity contribution in [3.05, 3.63) is 23.2 Å². The van der Waals surface area contributed by atoms with E-state index in [1.807, 2.05) is 25.3 Å². The van der Waals surface area contributed by atoms with Crippen LogP contribution in [0.4, 0.5) is 0 Å². The average Bonchev–Trinajstić information content (AvgIpc) is 3.05. The molecule has 1 unspecified atom stereocenters. The number of rotatable bonds is 5. The zero-order valence-electron chi connectivity index (χ0n) is 11.9. The van der Waals surface area contributed by atoms with Gasteiger partial charge < -0.3 is 10.4 Å². The summed E-state index contributed by atoms with van der Waals surface area (Å²) < 4.78 is 1.35. The van der Waals surface area contributed by atoms with Gasteiger partial charge in [-0.15, -0.1) is 16.4 Å². The van der Waals surface area contributed by atoms with Gasteiger partial charge in [0, 0.05) is 6.04 Å². The third-order valence-corrected chi connectivity index (χ3v) is 3.71. The largest absolute Gasteiger partial charge is 0.476 e. The maximum atomic E-state index is 12.1. The first kappa shape index (κ1) is 15.2. The van der Waals surface area contributed by atoms with Crippen LogP contribution in [-0.2, 0) is 4.79 Å². The van der Waals surface area contributed by atoms with Gasteiger partial charge in [-0.25, -0.2) is 9.48 Å². The Balaban J connectivity index is 2.45. The van der Waals surface area contributed by atoms with E-state index < -0.39 is 12.0 Å². The van der Waals surface area contributed by atoms with Crippen molar-refractivity contribution in [2.24, 2.45) is 0 Å². The average molecular weight is 308 g/mol. The summed E-state index contributed by atoms with van der Waals surface area (Å²) in [6, 6.07) is 2.93. The van der Waals surface area contributed by atoms with Crippen LogP contribution < -0.4 is 5.32 Å². The minimum Gasteiger partial charge on any atom is -0.476 e. The number of aromatic carboxylic acids is 1. The maximum Gasteiger partial charge on any atom is 0.358 e. The molecular weight excluding hydrogens is 292 g/mol. The number of hydrogen-bond donors (Lipinski definition) is 2. The molecule has 0 radical (unpaired) electrons. The van der Waals surface area contributed by atoms with Crippen LogP contribution in [0.1, 0.15) is 37.3 Å². The van der Waals surface area contributed by atoms with E-state index in [4.69, 9.17) is 0 Å². The van der Waals surface area contributed by atoms with Crippen molar-refractivity contribution in [3.8, 4) is 10.6 Å². The molecule has 8 heteroatoms. The van der Waals surface area contributed by atoms with Crippen LogP contribution in [0.15, 0.2) is 17.5 Å². The van der Waals surface area contributed by atoms with Crippen LogP contribution in [0, 0.1) is 0 Å². The van der Waals surface area contributed by atoms with Gasteiger partial charge in [-0.3, -0.25) is 4.79 Å². The van der Waals surface area contributed by atoms with Crippen LogP contribution >= 0.6 is 11.3 Å². The molecule has 0 spiro atoms. The number of carbonyl (C=O) groups excluding carboxylic acids is 1. The number of amides is 1. The minimum absolute atomic E-state index is 0.00685. The summed E-state index contributed by atoms with van der Waals surface area (Å²) in [5.41, 5.74) is 0.200. The van der Waals surface area contributed by atoms with E-state index in [0.717, 1.165) is 0 Å². The highest BCUT2D eigenvalue weighted by molar-refractivity contribution is 7.13. The second-order valence-electron chi connectivity index (χ2n) is 4.85. The Kier molecular flexibility index (Phi) is 4.37. The molecule has 0 aliphatic rings. The summed E-state index contributed by atoms with van der Waals surface area (Å²) in [7, 11) is 0. The molecule has 0 aliphatic heterocycles. The van der Waals surface area contributed by atoms with Crippen molar-refractivity contribution < 1.29 is 14.7 Å². The molecular formula is C13H16N4O3S. The molecule has 2 rings (SSSR count). The monoisotopic (exact) mass is 308 g/mol. The van der Waals surface area contributed by atoms with Crippen molar-refractivity contribution in [2.45, 2.75) is 32.9 Å². The lowest BCUT2D eigenvalue weighted by atomic mass is 10.2. The third kappa shape index (κ3) is 3.10. The second-order valence-corrected chi connectivity index (χ2v) is 5.80. The standard InChI is InChI=1S/C13H16N4O3S/c1-7(2)14-12(18)8(3)17-11(9-5-4-6-21-9)10(13(19)20)15-16-17/h4-8H,1-3H3,(H,14,18)(H,19,20). The van der Waals surface area contributed by atoms with Gasteiger partial charge in [0.1, 0.15) is 11.7 Å². The fourth-order valence-electron chi connectivity index (χ4n) is 1.87. The van der Waals surface area contributed by atoms with Crippen LogP contribution in [0.25, 0.3) is 10.6 Å². The second kappa shape index (κ2) is 6.04. The molecule has 0 fully saturated rings. The van der Waals surface area contributed by atoms with Gasteiger partial charge in [0.2, 0.25) is 5.91 Å². The van der Waals surface area contributed by atoms with Gasteiger partial charge >= 0.3 is 5.97 Å². The Hall–Kier alpha value is -2.22. The van der Waals surface area contributed by atoms with Gasteiger partial charge in [0.15, 0.2) is 5.69 Å². The highest BCUT2D eigenvalue weighted by Gasteiger charge is 2.27. The Morgan fingerprint density at radius 3 is 2.62 bits per heavy atom. The summed E-state index contributed by atoms with van der Waals surface area (Å²) in [5, 5.41) is 21.4. The number of carbonyl (C=O) groups is 2. The molecule has 0 saturated carbocycles. The number of hydrogen-bond acceptors (Lipinski definition) is 5. The lowest BCUT2D eigenvalue weighted by molar-refractivity contribution is -0.124. The first-order valence-corrected chi connectivity index (χ1v) is 7.32. The van der Waals surface area contributed by atoms with Crippen LogP contribution in [0.2, 0.25) is 0 Å². The normalized spacial score (nSPS) is 12.4. The summed E-state index contributed by atoms with van der Waals surface area (Å²) in [6.45, 7) is 5.37. The minimum atomic E-state index is -1.17. The molecule has 0 saturated heterocycles. The van der Waals surface area contributed by atoms with Gasteiger partial charge in [0.25, 0.3) is 0 Å². The highest BCUT2D eigenvalue weighted by Crippen LogP contribution is 2.29. The van der Waals surface area contributed by atoms with E-state index >= 15 is 0 Å². The molecule has 1 amide bonds. The smallest absolute Gasteiger partial charge is 0.358 e. The van der Waals surface area contributed by atoms with Crippen molar-refractivity contribution in [1.29, 1.82) is 0 Å². The van der Waals surface area contributed by atoms with Gasteiger partial charge in [-0.2, -0.15) is 0 Å². The number of thiophene rings is 1. The molecule has 2 N–H and O–H groups in total. The van der Waals surface area contributed by atoms with E-state index in [1.165, 1.54) is 16.0 Å². The van der Waals surface area contributed by atoms with Gasteiger partial charge in [-0.05, 0) is 32.2 Å². The van der Waals surface area contributed by atoms with Crippen LogP contribution in [-0.4, -0.2) is 38.0 Å². The maximum absolute atomic E-state index is 12.1. The van der Waals surface area contributed by atoms with Crippen molar-refractivity contribution in [3.63, 3.8) is 0 Å². The quantitative estimate of drug-likeness (QED) is 0.877. The topological polar surface area (TPSA) is 97.1 Å². The Morgan fingerprint density at radius 1 is 1.38 bits per heavy atom. The molecule has 1 atom stereocenters. The Bertz CT molecular complexity index is 648. The van der Waals surface area contributed by atoms with E-state index in [-0.39, 0.29) is 17.6 Å². The zero-order chi connectivity index (χ0) is 15.6. The molecule has 2 heterocycles. The number of carboxylic acid groups (broad SMARTS) is 1. The number of nitrogens with one attached hydrogen (secondary N) is 1. The molecule has 112 valence electrons. The summed E-state index contributed by atoms with van der Waals surface area (Å²) in [6.07, 6.45) is 0. The molecule has 0 bridgehead atoms.